The Kier molecular flexibility index (Phi) is 6.27. The number of alkyl halides is 3. The summed E-state index contributed by atoms with van der Waals surface area (Å²) in [7, 11) is 1.54. The predicted molar refractivity (Wildman–Crippen MR) is 94.5 cm³/mol. The standard InChI is InChI=1S/C19H19F3N2O4/c1-11-6-13(7-12(2)16(11)28-10-19(20,21)22)9-24(3)17(25)14-4-5-23-15(8-14)18(26)27/h4-8H,9-10H2,1-3H3,(H,26,27). The maximum absolute atomic E-state index is 12.5. The Morgan fingerprint density at radius 1 is 1.18 bits per heavy atom. The van der Waals surface area contributed by atoms with Gasteiger partial charge >= 0.3 is 12.1 Å². The van der Waals surface area contributed by atoms with Crippen LogP contribution in [0, 0.1) is 13.8 Å². The zero-order valence-electron chi connectivity index (χ0n) is 15.5. The van der Waals surface area contributed by atoms with Crippen LogP contribution in [0.1, 0.15) is 37.5 Å². The summed E-state index contributed by atoms with van der Waals surface area (Å²) in [5.74, 6) is -1.48. The van der Waals surface area contributed by atoms with Gasteiger partial charge in [0, 0.05) is 25.4 Å². The molecule has 1 N–H and O–H groups in total. The van der Waals surface area contributed by atoms with Crippen LogP contribution in [0.5, 0.6) is 5.75 Å². The highest BCUT2D eigenvalue weighted by molar-refractivity contribution is 5.96. The number of carboxylic acids is 1. The maximum atomic E-state index is 12.5. The predicted octanol–water partition coefficient (Wildman–Crippen LogP) is 3.61. The second-order valence-corrected chi connectivity index (χ2v) is 6.36. The molecule has 0 radical (unpaired) electrons. The zero-order valence-corrected chi connectivity index (χ0v) is 15.5. The van der Waals surface area contributed by atoms with E-state index in [-0.39, 0.29) is 23.6 Å². The van der Waals surface area contributed by atoms with Crippen molar-refractivity contribution in [3.05, 3.63) is 58.4 Å². The van der Waals surface area contributed by atoms with E-state index in [2.05, 4.69) is 4.98 Å². The van der Waals surface area contributed by atoms with Crippen LogP contribution in [0.3, 0.4) is 0 Å². The number of carbonyl (C=O) groups is 2. The van der Waals surface area contributed by atoms with Gasteiger partial charge in [-0.15, -0.1) is 0 Å². The second-order valence-electron chi connectivity index (χ2n) is 6.36. The van der Waals surface area contributed by atoms with E-state index in [1.807, 2.05) is 0 Å². The van der Waals surface area contributed by atoms with Gasteiger partial charge in [-0.1, -0.05) is 12.1 Å². The number of benzene rings is 1. The highest BCUT2D eigenvalue weighted by Gasteiger charge is 2.29. The Labute approximate surface area is 159 Å². The number of carboxylic acid groups (broad SMARTS) is 1. The lowest BCUT2D eigenvalue weighted by atomic mass is 10.0. The van der Waals surface area contributed by atoms with Crippen molar-refractivity contribution in [1.82, 2.24) is 9.88 Å². The number of hydrogen-bond donors (Lipinski definition) is 1. The minimum atomic E-state index is -4.43. The molecular weight excluding hydrogens is 377 g/mol. The molecule has 0 spiro atoms. The average Bonchev–Trinajstić information content (AvgIpc) is 2.59. The van der Waals surface area contributed by atoms with Gasteiger partial charge in [-0.3, -0.25) is 4.79 Å². The number of hydrogen-bond acceptors (Lipinski definition) is 4. The second kappa shape index (κ2) is 8.28. The monoisotopic (exact) mass is 396 g/mol. The van der Waals surface area contributed by atoms with Gasteiger partial charge in [0.15, 0.2) is 6.61 Å². The Morgan fingerprint density at radius 2 is 1.79 bits per heavy atom. The smallest absolute Gasteiger partial charge is 0.422 e. The summed E-state index contributed by atoms with van der Waals surface area (Å²) in [5.41, 5.74) is 1.69. The summed E-state index contributed by atoms with van der Waals surface area (Å²) in [5, 5.41) is 8.98. The van der Waals surface area contributed by atoms with Gasteiger partial charge in [0.2, 0.25) is 0 Å². The molecule has 150 valence electrons. The minimum Gasteiger partial charge on any atom is -0.484 e. The molecular formula is C19H19F3N2O4. The molecule has 1 aromatic heterocycles. The van der Waals surface area contributed by atoms with Crippen LogP contribution in [0.15, 0.2) is 30.5 Å². The molecule has 28 heavy (non-hydrogen) atoms. The van der Waals surface area contributed by atoms with Gasteiger partial charge in [-0.25, -0.2) is 9.78 Å². The molecule has 0 unspecified atom stereocenters. The maximum Gasteiger partial charge on any atom is 0.422 e. The SMILES string of the molecule is Cc1cc(CN(C)C(=O)c2ccnc(C(=O)O)c2)cc(C)c1OCC(F)(F)F. The molecule has 0 fully saturated rings. The zero-order chi connectivity index (χ0) is 21.1. The van der Waals surface area contributed by atoms with Crippen LogP contribution in [0.2, 0.25) is 0 Å². The summed E-state index contributed by atoms with van der Waals surface area (Å²) in [4.78, 5) is 28.6. The van der Waals surface area contributed by atoms with E-state index in [1.54, 1.807) is 33.0 Å². The topological polar surface area (TPSA) is 79.7 Å². The molecule has 1 heterocycles. The molecule has 2 aromatic rings. The van der Waals surface area contributed by atoms with Crippen LogP contribution in [0.25, 0.3) is 0 Å². The first-order valence-corrected chi connectivity index (χ1v) is 8.22. The molecule has 0 saturated carbocycles. The van der Waals surface area contributed by atoms with Gasteiger partial charge in [0.05, 0.1) is 0 Å². The average molecular weight is 396 g/mol. The van der Waals surface area contributed by atoms with Gasteiger partial charge in [-0.05, 0) is 42.7 Å². The molecule has 2 rings (SSSR count). The Bertz CT molecular complexity index is 874. The van der Waals surface area contributed by atoms with E-state index >= 15 is 0 Å². The number of aromatic nitrogens is 1. The van der Waals surface area contributed by atoms with Crippen LogP contribution in [-0.4, -0.2) is 46.7 Å². The number of pyridine rings is 1. The number of ether oxygens (including phenoxy) is 1. The summed E-state index contributed by atoms with van der Waals surface area (Å²) >= 11 is 0. The van der Waals surface area contributed by atoms with Gasteiger partial charge in [0.1, 0.15) is 11.4 Å². The number of aromatic carboxylic acids is 1. The van der Waals surface area contributed by atoms with Crippen LogP contribution in [-0.2, 0) is 6.54 Å². The van der Waals surface area contributed by atoms with Crippen molar-refractivity contribution in [2.75, 3.05) is 13.7 Å². The normalized spacial score (nSPS) is 11.2. The first kappa shape index (κ1) is 21.2. The van der Waals surface area contributed by atoms with Crippen molar-refractivity contribution in [2.24, 2.45) is 0 Å². The van der Waals surface area contributed by atoms with Crippen molar-refractivity contribution in [3.63, 3.8) is 0 Å². The lowest BCUT2D eigenvalue weighted by Crippen LogP contribution is -2.26. The quantitative estimate of drug-likeness (QED) is 0.807. The molecule has 6 nitrogen and oxygen atoms in total. The van der Waals surface area contributed by atoms with E-state index in [9.17, 15) is 22.8 Å². The number of carbonyl (C=O) groups excluding carboxylic acids is 1. The Morgan fingerprint density at radius 3 is 2.32 bits per heavy atom. The third-order valence-electron chi connectivity index (χ3n) is 3.89. The fourth-order valence-corrected chi connectivity index (χ4v) is 2.76. The van der Waals surface area contributed by atoms with Crippen LogP contribution >= 0.6 is 0 Å². The molecule has 0 aliphatic carbocycles. The lowest BCUT2D eigenvalue weighted by molar-refractivity contribution is -0.153. The Hall–Kier alpha value is -3.10. The molecule has 0 saturated heterocycles. The molecule has 0 aliphatic heterocycles. The molecule has 9 heteroatoms. The summed E-state index contributed by atoms with van der Waals surface area (Å²) < 4.78 is 42.0. The largest absolute Gasteiger partial charge is 0.484 e. The number of nitrogens with zero attached hydrogens (tertiary/aromatic N) is 2. The minimum absolute atomic E-state index is 0.162. The third-order valence-corrected chi connectivity index (χ3v) is 3.89. The molecule has 1 aromatic carbocycles. The number of amides is 1. The number of aryl methyl sites for hydroxylation is 2. The number of rotatable bonds is 6. The first-order chi connectivity index (χ1) is 13.0. The van der Waals surface area contributed by atoms with E-state index in [4.69, 9.17) is 9.84 Å². The fourth-order valence-electron chi connectivity index (χ4n) is 2.76. The highest BCUT2D eigenvalue weighted by atomic mass is 19.4. The van der Waals surface area contributed by atoms with Crippen molar-refractivity contribution in [3.8, 4) is 5.75 Å². The van der Waals surface area contributed by atoms with E-state index in [0.717, 1.165) is 0 Å². The summed E-state index contributed by atoms with van der Waals surface area (Å²) in [6.45, 7) is 2.07. The summed E-state index contributed by atoms with van der Waals surface area (Å²) in [6.07, 6.45) is -3.19. The summed E-state index contributed by atoms with van der Waals surface area (Å²) in [6, 6.07) is 5.90. The van der Waals surface area contributed by atoms with Crippen molar-refractivity contribution in [1.29, 1.82) is 0 Å². The van der Waals surface area contributed by atoms with Crippen molar-refractivity contribution >= 4 is 11.9 Å². The van der Waals surface area contributed by atoms with Gasteiger partial charge in [0.25, 0.3) is 5.91 Å². The van der Waals surface area contributed by atoms with Gasteiger partial charge in [-0.2, -0.15) is 13.2 Å². The van der Waals surface area contributed by atoms with Crippen LogP contribution < -0.4 is 4.74 Å². The Balaban J connectivity index is 2.15. The molecule has 0 aliphatic rings. The van der Waals surface area contributed by atoms with E-state index in [1.165, 1.54) is 23.2 Å². The fraction of sp³-hybridized carbons (Fsp3) is 0.316. The van der Waals surface area contributed by atoms with Crippen molar-refractivity contribution in [2.45, 2.75) is 26.6 Å². The van der Waals surface area contributed by atoms with E-state index in [0.29, 0.717) is 16.7 Å². The highest BCUT2D eigenvalue weighted by Crippen LogP contribution is 2.27. The van der Waals surface area contributed by atoms with Crippen molar-refractivity contribution < 1.29 is 32.6 Å². The first-order valence-electron chi connectivity index (χ1n) is 8.22. The number of halogens is 3. The van der Waals surface area contributed by atoms with E-state index < -0.39 is 24.7 Å². The third kappa shape index (κ3) is 5.45. The van der Waals surface area contributed by atoms with Crippen LogP contribution in [0.4, 0.5) is 13.2 Å². The van der Waals surface area contributed by atoms with Gasteiger partial charge < -0.3 is 14.7 Å². The lowest BCUT2D eigenvalue weighted by Gasteiger charge is -2.20. The molecule has 1 amide bonds. The molecule has 0 atom stereocenters. The molecule has 0 bridgehead atoms.